The number of halogens is 2. The highest BCUT2D eigenvalue weighted by Crippen LogP contribution is 2.34. The molecule has 2 aromatic carbocycles. The van der Waals surface area contributed by atoms with Gasteiger partial charge in [-0.15, -0.1) is 0 Å². The number of benzene rings is 2. The van der Waals surface area contributed by atoms with Crippen molar-refractivity contribution in [2.45, 2.75) is 13.3 Å². The number of amides is 1. The molecule has 1 amide bonds. The minimum atomic E-state index is -0.819. The smallest absolute Gasteiger partial charge is 0.411 e. The maximum atomic E-state index is 13.3. The highest BCUT2D eigenvalue weighted by Gasteiger charge is 2.21. The lowest BCUT2D eigenvalue weighted by atomic mass is 10.0. The van der Waals surface area contributed by atoms with E-state index in [1.807, 2.05) is 0 Å². The lowest BCUT2D eigenvalue weighted by molar-refractivity contribution is -0.383. The number of nitro groups is 1. The van der Waals surface area contributed by atoms with E-state index in [0.29, 0.717) is 16.3 Å². The molecule has 1 aromatic heterocycles. The van der Waals surface area contributed by atoms with Gasteiger partial charge < -0.3 is 10.1 Å². The van der Waals surface area contributed by atoms with Crippen molar-refractivity contribution in [3.8, 4) is 0 Å². The largest absolute Gasteiger partial charge is 0.450 e. The summed E-state index contributed by atoms with van der Waals surface area (Å²) in [6.45, 7) is 1.72. The quantitative estimate of drug-likeness (QED) is 0.384. The second kappa shape index (κ2) is 9.81. The third-order valence-corrected chi connectivity index (χ3v) is 4.30. The van der Waals surface area contributed by atoms with Gasteiger partial charge in [0.05, 0.1) is 34.6 Å². The standard InChI is InChI=1S/C20H17ClFN5O4/c1-2-31-20(28)26-17-8-13(7-12-3-5-15(22)6-4-12)16(9-18(17)27(29)30)25-19-23-10-14(21)11-24-19/h3-6,8-11H,2,7H2,1H3,(H,26,28)(H,23,24,25). The van der Waals surface area contributed by atoms with Crippen LogP contribution in [0.3, 0.4) is 0 Å². The van der Waals surface area contributed by atoms with Crippen molar-refractivity contribution >= 4 is 40.7 Å². The molecule has 3 aromatic rings. The maximum absolute atomic E-state index is 13.3. The van der Waals surface area contributed by atoms with Crippen LogP contribution in [-0.4, -0.2) is 27.6 Å². The van der Waals surface area contributed by atoms with Crippen molar-refractivity contribution in [2.24, 2.45) is 0 Å². The molecule has 0 aliphatic rings. The van der Waals surface area contributed by atoms with Crippen molar-refractivity contribution in [1.29, 1.82) is 0 Å². The molecule has 0 radical (unpaired) electrons. The normalized spacial score (nSPS) is 10.4. The van der Waals surface area contributed by atoms with Gasteiger partial charge in [-0.1, -0.05) is 23.7 Å². The number of nitrogens with zero attached hydrogens (tertiary/aromatic N) is 3. The molecular formula is C20H17ClFN5O4. The number of nitrogens with one attached hydrogen (secondary N) is 2. The average Bonchev–Trinajstić information content (AvgIpc) is 2.73. The number of nitro benzene ring substituents is 1. The molecule has 1 heterocycles. The maximum Gasteiger partial charge on any atom is 0.411 e. The molecule has 0 bridgehead atoms. The molecule has 0 atom stereocenters. The number of carbonyl (C=O) groups is 1. The Balaban J connectivity index is 2.05. The van der Waals surface area contributed by atoms with Crippen molar-refractivity contribution < 1.29 is 18.8 Å². The summed E-state index contributed by atoms with van der Waals surface area (Å²) in [6, 6.07) is 8.53. The first-order chi connectivity index (χ1) is 14.9. The van der Waals surface area contributed by atoms with E-state index in [9.17, 15) is 19.3 Å². The van der Waals surface area contributed by atoms with Crippen LogP contribution in [0.4, 0.5) is 32.2 Å². The molecule has 11 heteroatoms. The van der Waals surface area contributed by atoms with E-state index in [1.165, 1.54) is 36.7 Å². The number of ether oxygens (including phenoxy) is 1. The van der Waals surface area contributed by atoms with Crippen molar-refractivity contribution in [2.75, 3.05) is 17.2 Å². The Labute approximate surface area is 181 Å². The number of hydrogen-bond donors (Lipinski definition) is 2. The molecule has 0 saturated carbocycles. The van der Waals surface area contributed by atoms with Crippen molar-refractivity contribution in [3.05, 3.63) is 80.9 Å². The summed E-state index contributed by atoms with van der Waals surface area (Å²) in [5.41, 5.74) is 1.27. The Morgan fingerprint density at radius 1 is 1.19 bits per heavy atom. The SMILES string of the molecule is CCOC(=O)Nc1cc(Cc2ccc(F)cc2)c(Nc2ncc(Cl)cn2)cc1[N+](=O)[O-]. The Bertz CT molecular complexity index is 1090. The van der Waals surface area contributed by atoms with Crippen LogP contribution in [0, 0.1) is 15.9 Å². The highest BCUT2D eigenvalue weighted by atomic mass is 35.5. The van der Waals surface area contributed by atoms with E-state index in [1.54, 1.807) is 19.1 Å². The van der Waals surface area contributed by atoms with Crippen LogP contribution in [0.15, 0.2) is 48.8 Å². The fourth-order valence-corrected chi connectivity index (χ4v) is 2.84. The first-order valence-corrected chi connectivity index (χ1v) is 9.47. The van der Waals surface area contributed by atoms with E-state index in [2.05, 4.69) is 20.6 Å². The van der Waals surface area contributed by atoms with Gasteiger partial charge in [-0.2, -0.15) is 0 Å². The minimum absolute atomic E-state index is 0.0388. The van der Waals surface area contributed by atoms with E-state index < -0.39 is 11.0 Å². The van der Waals surface area contributed by atoms with Gasteiger partial charge in [0.15, 0.2) is 0 Å². The van der Waals surface area contributed by atoms with Gasteiger partial charge in [0.2, 0.25) is 5.95 Å². The molecule has 0 spiro atoms. The predicted octanol–water partition coefficient (Wildman–Crippen LogP) is 5.08. The fourth-order valence-electron chi connectivity index (χ4n) is 2.74. The second-order valence-corrected chi connectivity index (χ2v) is 6.72. The zero-order valence-corrected chi connectivity index (χ0v) is 17.0. The zero-order chi connectivity index (χ0) is 22.4. The molecule has 0 fully saturated rings. The van der Waals surface area contributed by atoms with Gasteiger partial charge in [0, 0.05) is 6.07 Å². The number of aromatic nitrogens is 2. The number of hydrogen-bond acceptors (Lipinski definition) is 7. The molecule has 0 aliphatic heterocycles. The van der Waals surface area contributed by atoms with Gasteiger partial charge in [0.25, 0.3) is 5.69 Å². The third-order valence-electron chi connectivity index (χ3n) is 4.11. The lowest BCUT2D eigenvalue weighted by Crippen LogP contribution is -2.15. The Hall–Kier alpha value is -3.79. The molecule has 0 unspecified atom stereocenters. The molecular weight excluding hydrogens is 429 g/mol. The molecule has 160 valence electrons. The Morgan fingerprint density at radius 2 is 1.87 bits per heavy atom. The highest BCUT2D eigenvalue weighted by molar-refractivity contribution is 6.30. The van der Waals surface area contributed by atoms with Crippen molar-refractivity contribution in [3.63, 3.8) is 0 Å². The summed E-state index contributed by atoms with van der Waals surface area (Å²) < 4.78 is 18.1. The monoisotopic (exact) mass is 445 g/mol. The average molecular weight is 446 g/mol. The first kappa shape index (κ1) is 21.9. The van der Waals surface area contributed by atoms with Gasteiger partial charge in [0.1, 0.15) is 11.5 Å². The number of rotatable bonds is 7. The Kier molecular flexibility index (Phi) is 6.93. The van der Waals surface area contributed by atoms with Crippen LogP contribution in [0.25, 0.3) is 0 Å². The molecule has 31 heavy (non-hydrogen) atoms. The van der Waals surface area contributed by atoms with E-state index in [0.717, 1.165) is 5.56 Å². The van der Waals surface area contributed by atoms with Gasteiger partial charge in [-0.25, -0.2) is 19.2 Å². The summed E-state index contributed by atoms with van der Waals surface area (Å²) in [7, 11) is 0. The van der Waals surface area contributed by atoms with Crippen molar-refractivity contribution in [1.82, 2.24) is 9.97 Å². The third kappa shape index (κ3) is 5.86. The van der Waals surface area contributed by atoms with Gasteiger partial charge in [-0.05, 0) is 42.7 Å². The first-order valence-electron chi connectivity index (χ1n) is 9.09. The molecule has 0 saturated heterocycles. The molecule has 3 rings (SSSR count). The van der Waals surface area contributed by atoms with E-state index >= 15 is 0 Å². The molecule has 9 nitrogen and oxygen atoms in total. The van der Waals surface area contributed by atoms with Crippen LogP contribution >= 0.6 is 11.6 Å². The summed E-state index contributed by atoms with van der Waals surface area (Å²) in [5, 5.41) is 17.3. The van der Waals surface area contributed by atoms with Crippen LogP contribution in [-0.2, 0) is 11.2 Å². The number of anilines is 3. The van der Waals surface area contributed by atoms with E-state index in [4.69, 9.17) is 16.3 Å². The summed E-state index contributed by atoms with van der Waals surface area (Å²) in [5.74, 6) is -0.213. The van der Waals surface area contributed by atoms with Crippen LogP contribution < -0.4 is 10.6 Å². The minimum Gasteiger partial charge on any atom is -0.450 e. The number of carbonyl (C=O) groups excluding carboxylic acids is 1. The summed E-state index contributed by atoms with van der Waals surface area (Å²) in [4.78, 5) is 30.9. The van der Waals surface area contributed by atoms with E-state index in [-0.39, 0.29) is 36.2 Å². The molecule has 2 N–H and O–H groups in total. The topological polar surface area (TPSA) is 119 Å². The van der Waals surface area contributed by atoms with Crippen LogP contribution in [0.2, 0.25) is 5.02 Å². The lowest BCUT2D eigenvalue weighted by Gasteiger charge is -2.14. The Morgan fingerprint density at radius 3 is 2.48 bits per heavy atom. The van der Waals surface area contributed by atoms with Crippen LogP contribution in [0.1, 0.15) is 18.1 Å². The second-order valence-electron chi connectivity index (χ2n) is 6.28. The van der Waals surface area contributed by atoms with Gasteiger partial charge >= 0.3 is 6.09 Å². The summed E-state index contributed by atoms with van der Waals surface area (Å²) >= 11 is 5.80. The fraction of sp³-hybridized carbons (Fsp3) is 0.150. The van der Waals surface area contributed by atoms with Crippen LogP contribution in [0.5, 0.6) is 0 Å². The summed E-state index contributed by atoms with van der Waals surface area (Å²) in [6.07, 6.45) is 2.22. The van der Waals surface area contributed by atoms with Gasteiger partial charge in [-0.3, -0.25) is 15.4 Å². The molecule has 0 aliphatic carbocycles. The zero-order valence-electron chi connectivity index (χ0n) is 16.3. The predicted molar refractivity (Wildman–Crippen MR) is 113 cm³/mol.